The van der Waals surface area contributed by atoms with Gasteiger partial charge in [0, 0.05) is 10.4 Å². The highest BCUT2D eigenvalue weighted by Gasteiger charge is 2.14. The van der Waals surface area contributed by atoms with E-state index >= 15 is 0 Å². The molecule has 0 unspecified atom stereocenters. The first kappa shape index (κ1) is 16.1. The quantitative estimate of drug-likeness (QED) is 0.725. The highest BCUT2D eigenvalue weighted by molar-refractivity contribution is 7.88. The standard InChI is InChI=1S/C14H13ClN4O2S2/c15-14-4-2-1-3-11(14)10-23(20,21)16-7-12-8-19(18-17-12)13-5-6-22-9-13/h1-6,8-9,16H,7,10H2. The molecule has 0 spiro atoms. The van der Waals surface area contributed by atoms with Crippen LogP contribution in [0.15, 0.2) is 47.3 Å². The Morgan fingerprint density at radius 3 is 2.83 bits per heavy atom. The summed E-state index contributed by atoms with van der Waals surface area (Å²) in [6, 6.07) is 8.77. The number of hydrogen-bond acceptors (Lipinski definition) is 5. The van der Waals surface area contributed by atoms with Crippen LogP contribution < -0.4 is 4.72 Å². The molecule has 23 heavy (non-hydrogen) atoms. The van der Waals surface area contributed by atoms with Crippen molar-refractivity contribution in [1.29, 1.82) is 0 Å². The third kappa shape index (κ3) is 4.17. The molecule has 0 atom stereocenters. The molecule has 0 aliphatic rings. The van der Waals surface area contributed by atoms with Gasteiger partial charge < -0.3 is 0 Å². The second-order valence-electron chi connectivity index (χ2n) is 4.81. The summed E-state index contributed by atoms with van der Waals surface area (Å²) in [5.41, 5.74) is 2.00. The number of rotatable bonds is 6. The smallest absolute Gasteiger partial charge is 0.216 e. The van der Waals surface area contributed by atoms with E-state index in [1.807, 2.05) is 16.8 Å². The zero-order chi connectivity index (χ0) is 16.3. The zero-order valence-corrected chi connectivity index (χ0v) is 14.3. The summed E-state index contributed by atoms with van der Waals surface area (Å²) in [4.78, 5) is 0. The van der Waals surface area contributed by atoms with Gasteiger partial charge in [0.05, 0.1) is 29.9 Å². The molecule has 0 radical (unpaired) electrons. The molecule has 0 bridgehead atoms. The lowest BCUT2D eigenvalue weighted by Crippen LogP contribution is -2.25. The maximum Gasteiger partial charge on any atom is 0.216 e. The third-order valence-electron chi connectivity index (χ3n) is 3.09. The minimum atomic E-state index is -3.51. The lowest BCUT2D eigenvalue weighted by atomic mass is 10.2. The van der Waals surface area contributed by atoms with Gasteiger partial charge in [0.15, 0.2) is 0 Å². The van der Waals surface area contributed by atoms with Gasteiger partial charge in [0.2, 0.25) is 10.0 Å². The maximum absolute atomic E-state index is 12.1. The molecule has 0 saturated heterocycles. The van der Waals surface area contributed by atoms with Crippen molar-refractivity contribution in [2.75, 3.05) is 0 Å². The van der Waals surface area contributed by atoms with E-state index < -0.39 is 10.0 Å². The van der Waals surface area contributed by atoms with Crippen LogP contribution in [0.4, 0.5) is 0 Å². The van der Waals surface area contributed by atoms with Gasteiger partial charge in [-0.15, -0.1) is 5.10 Å². The van der Waals surface area contributed by atoms with Gasteiger partial charge in [-0.1, -0.05) is 35.0 Å². The van der Waals surface area contributed by atoms with Crippen molar-refractivity contribution in [3.05, 3.63) is 63.6 Å². The highest BCUT2D eigenvalue weighted by atomic mass is 35.5. The van der Waals surface area contributed by atoms with E-state index in [9.17, 15) is 8.42 Å². The summed E-state index contributed by atoms with van der Waals surface area (Å²) in [6.45, 7) is 0.0803. The molecular weight excluding hydrogens is 356 g/mol. The molecule has 0 aliphatic carbocycles. The summed E-state index contributed by atoms with van der Waals surface area (Å²) >= 11 is 7.54. The number of nitrogens with zero attached hydrogens (tertiary/aromatic N) is 3. The SMILES string of the molecule is O=S(=O)(Cc1ccccc1Cl)NCc1cn(-c2ccsc2)nn1. The number of thiophene rings is 1. The Morgan fingerprint density at radius 1 is 1.26 bits per heavy atom. The first-order chi connectivity index (χ1) is 11.0. The van der Waals surface area contributed by atoms with Gasteiger partial charge in [-0.25, -0.2) is 17.8 Å². The van der Waals surface area contributed by atoms with Gasteiger partial charge in [-0.2, -0.15) is 11.3 Å². The summed E-state index contributed by atoms with van der Waals surface area (Å²) < 4.78 is 28.4. The number of nitrogens with one attached hydrogen (secondary N) is 1. The number of aromatic nitrogens is 3. The van der Waals surface area contributed by atoms with E-state index in [0.717, 1.165) is 5.69 Å². The fourth-order valence-electron chi connectivity index (χ4n) is 1.95. The lowest BCUT2D eigenvalue weighted by Gasteiger charge is -2.06. The molecule has 1 aromatic carbocycles. The summed E-state index contributed by atoms with van der Waals surface area (Å²) in [5.74, 6) is -0.175. The molecule has 2 aromatic heterocycles. The fraction of sp³-hybridized carbons (Fsp3) is 0.143. The van der Waals surface area contributed by atoms with E-state index in [0.29, 0.717) is 16.3 Å². The van der Waals surface area contributed by atoms with Crippen molar-refractivity contribution in [1.82, 2.24) is 19.7 Å². The van der Waals surface area contributed by atoms with Crippen molar-refractivity contribution < 1.29 is 8.42 Å². The predicted molar refractivity (Wildman–Crippen MR) is 90.2 cm³/mol. The molecule has 0 amide bonds. The van der Waals surface area contributed by atoms with Crippen LogP contribution in [0.3, 0.4) is 0 Å². The molecule has 9 heteroatoms. The number of halogens is 1. The third-order valence-corrected chi connectivity index (χ3v) is 5.40. The average molecular weight is 369 g/mol. The number of benzene rings is 1. The monoisotopic (exact) mass is 368 g/mol. The van der Waals surface area contributed by atoms with Crippen LogP contribution in [0.2, 0.25) is 5.02 Å². The van der Waals surface area contributed by atoms with Gasteiger partial charge in [0.25, 0.3) is 0 Å². The Bertz CT molecular complexity index is 891. The van der Waals surface area contributed by atoms with Crippen molar-refractivity contribution in [3.63, 3.8) is 0 Å². The largest absolute Gasteiger partial charge is 0.220 e. The molecule has 6 nitrogen and oxygen atoms in total. The minimum absolute atomic E-state index is 0.0803. The maximum atomic E-state index is 12.1. The average Bonchev–Trinajstić information content (AvgIpc) is 3.18. The highest BCUT2D eigenvalue weighted by Crippen LogP contribution is 2.17. The van der Waals surface area contributed by atoms with Crippen molar-refractivity contribution in [2.45, 2.75) is 12.3 Å². The van der Waals surface area contributed by atoms with E-state index in [-0.39, 0.29) is 12.3 Å². The number of sulfonamides is 1. The molecule has 0 saturated carbocycles. The Labute approximate surface area is 142 Å². The molecule has 3 rings (SSSR count). The Kier molecular flexibility index (Phi) is 4.76. The molecule has 1 N–H and O–H groups in total. The summed E-state index contributed by atoms with van der Waals surface area (Å²) in [7, 11) is -3.51. The van der Waals surface area contributed by atoms with Crippen LogP contribution >= 0.6 is 22.9 Å². The van der Waals surface area contributed by atoms with Crippen LogP contribution in [-0.2, 0) is 22.3 Å². The fourth-order valence-corrected chi connectivity index (χ4v) is 3.98. The van der Waals surface area contributed by atoms with Gasteiger partial charge in [-0.05, 0) is 23.1 Å². The second-order valence-corrected chi connectivity index (χ2v) is 7.80. The Morgan fingerprint density at radius 2 is 2.09 bits per heavy atom. The molecule has 2 heterocycles. The molecule has 120 valence electrons. The lowest BCUT2D eigenvalue weighted by molar-refractivity contribution is 0.579. The molecule has 3 aromatic rings. The summed E-state index contributed by atoms with van der Waals surface area (Å²) in [5, 5.41) is 12.2. The van der Waals surface area contributed by atoms with Crippen molar-refractivity contribution in [2.24, 2.45) is 0 Å². The van der Waals surface area contributed by atoms with Gasteiger partial charge in [0.1, 0.15) is 0 Å². The van der Waals surface area contributed by atoms with E-state index in [4.69, 9.17) is 11.6 Å². The second kappa shape index (κ2) is 6.79. The van der Waals surface area contributed by atoms with Gasteiger partial charge >= 0.3 is 0 Å². The predicted octanol–water partition coefficient (Wildman–Crippen LogP) is 2.60. The van der Waals surface area contributed by atoms with Crippen LogP contribution in [0.25, 0.3) is 5.69 Å². The van der Waals surface area contributed by atoms with Crippen molar-refractivity contribution >= 4 is 33.0 Å². The van der Waals surface area contributed by atoms with Crippen molar-refractivity contribution in [3.8, 4) is 5.69 Å². The molecule has 0 fully saturated rings. The van der Waals surface area contributed by atoms with Crippen LogP contribution in [0, 0.1) is 0 Å². The Balaban J connectivity index is 1.64. The first-order valence-corrected chi connectivity index (χ1v) is 9.65. The summed E-state index contributed by atoms with van der Waals surface area (Å²) in [6.07, 6.45) is 1.69. The van der Waals surface area contributed by atoms with Crippen LogP contribution in [0.1, 0.15) is 11.3 Å². The van der Waals surface area contributed by atoms with E-state index in [1.54, 1.807) is 46.5 Å². The number of hydrogen-bond donors (Lipinski definition) is 1. The van der Waals surface area contributed by atoms with E-state index in [1.165, 1.54) is 0 Å². The minimum Gasteiger partial charge on any atom is -0.220 e. The topological polar surface area (TPSA) is 76.9 Å². The Hall–Kier alpha value is -1.74. The van der Waals surface area contributed by atoms with Crippen LogP contribution in [-0.4, -0.2) is 23.4 Å². The van der Waals surface area contributed by atoms with Gasteiger partial charge in [-0.3, -0.25) is 0 Å². The normalized spacial score (nSPS) is 11.7. The first-order valence-electron chi connectivity index (χ1n) is 6.68. The van der Waals surface area contributed by atoms with E-state index in [2.05, 4.69) is 15.0 Å². The van der Waals surface area contributed by atoms with Crippen LogP contribution in [0.5, 0.6) is 0 Å². The molecule has 0 aliphatic heterocycles. The zero-order valence-electron chi connectivity index (χ0n) is 11.9. The molecular formula is C14H13ClN4O2S2.